The zero-order valence-corrected chi connectivity index (χ0v) is 12.3. The Labute approximate surface area is 124 Å². The highest BCUT2D eigenvalue weighted by atomic mass is 16.4. The van der Waals surface area contributed by atoms with Gasteiger partial charge in [-0.3, -0.25) is 4.79 Å². The standard InChI is InChI=1S/C16H21N3O2/c1-18-14-5-3-2-4-13(14)17-16(18)12-6-9-19(10-7-12)11-8-15(20)21/h2-5,12H,6-11H2,1H3,(H,20,21). The number of benzene rings is 1. The third-order valence-corrected chi connectivity index (χ3v) is 4.42. The number of aromatic nitrogens is 2. The summed E-state index contributed by atoms with van der Waals surface area (Å²) in [5.74, 6) is 0.921. The van der Waals surface area contributed by atoms with E-state index in [0.717, 1.165) is 37.3 Å². The van der Waals surface area contributed by atoms with E-state index < -0.39 is 5.97 Å². The van der Waals surface area contributed by atoms with Crippen LogP contribution < -0.4 is 0 Å². The molecule has 1 N–H and O–H groups in total. The van der Waals surface area contributed by atoms with Crippen LogP contribution in [0.4, 0.5) is 0 Å². The minimum absolute atomic E-state index is 0.233. The number of aliphatic carboxylic acids is 1. The van der Waals surface area contributed by atoms with Crippen molar-refractivity contribution in [3.05, 3.63) is 30.1 Å². The Morgan fingerprint density at radius 1 is 1.33 bits per heavy atom. The number of hydrogen-bond acceptors (Lipinski definition) is 3. The Balaban J connectivity index is 1.68. The van der Waals surface area contributed by atoms with Gasteiger partial charge in [0.15, 0.2) is 0 Å². The molecular formula is C16H21N3O2. The molecule has 0 radical (unpaired) electrons. The molecule has 1 fully saturated rings. The van der Waals surface area contributed by atoms with E-state index in [1.807, 2.05) is 12.1 Å². The van der Waals surface area contributed by atoms with E-state index in [0.29, 0.717) is 12.5 Å². The fourth-order valence-corrected chi connectivity index (χ4v) is 3.20. The molecule has 1 aromatic heterocycles. The van der Waals surface area contributed by atoms with Gasteiger partial charge in [-0.1, -0.05) is 12.1 Å². The molecule has 1 aliphatic rings. The molecule has 0 unspecified atom stereocenters. The van der Waals surface area contributed by atoms with E-state index in [-0.39, 0.29) is 6.42 Å². The minimum Gasteiger partial charge on any atom is -0.481 e. The van der Waals surface area contributed by atoms with Crippen molar-refractivity contribution in [2.45, 2.75) is 25.2 Å². The molecule has 0 spiro atoms. The van der Waals surface area contributed by atoms with Crippen molar-refractivity contribution >= 4 is 17.0 Å². The number of imidazole rings is 1. The third kappa shape index (κ3) is 2.93. The zero-order chi connectivity index (χ0) is 14.8. The number of para-hydroxylation sites is 2. The Morgan fingerprint density at radius 2 is 2.05 bits per heavy atom. The highest BCUT2D eigenvalue weighted by Crippen LogP contribution is 2.29. The van der Waals surface area contributed by atoms with Crippen molar-refractivity contribution in [1.82, 2.24) is 14.5 Å². The summed E-state index contributed by atoms with van der Waals surface area (Å²) < 4.78 is 2.20. The lowest BCUT2D eigenvalue weighted by Gasteiger charge is -2.31. The number of rotatable bonds is 4. The summed E-state index contributed by atoms with van der Waals surface area (Å²) in [6.07, 6.45) is 2.34. The Bertz CT molecular complexity index is 642. The molecule has 0 saturated carbocycles. The van der Waals surface area contributed by atoms with Gasteiger partial charge in [0.2, 0.25) is 0 Å². The molecule has 5 nitrogen and oxygen atoms in total. The zero-order valence-electron chi connectivity index (χ0n) is 12.3. The molecule has 2 aromatic rings. The molecule has 0 bridgehead atoms. The maximum atomic E-state index is 10.6. The van der Waals surface area contributed by atoms with Gasteiger partial charge in [-0.25, -0.2) is 4.98 Å². The molecule has 0 amide bonds. The second kappa shape index (κ2) is 5.85. The largest absolute Gasteiger partial charge is 0.481 e. The first-order valence-corrected chi connectivity index (χ1v) is 7.50. The number of carboxylic acid groups (broad SMARTS) is 1. The van der Waals surface area contributed by atoms with Gasteiger partial charge in [0.1, 0.15) is 5.82 Å². The van der Waals surface area contributed by atoms with Crippen molar-refractivity contribution in [1.29, 1.82) is 0 Å². The Hall–Kier alpha value is -1.88. The van der Waals surface area contributed by atoms with E-state index >= 15 is 0 Å². The number of piperidine rings is 1. The van der Waals surface area contributed by atoms with Crippen LogP contribution in [0.1, 0.15) is 31.0 Å². The van der Waals surface area contributed by atoms with Crippen LogP contribution in [-0.2, 0) is 11.8 Å². The summed E-state index contributed by atoms with van der Waals surface area (Å²) >= 11 is 0. The maximum absolute atomic E-state index is 10.6. The summed E-state index contributed by atoms with van der Waals surface area (Å²) in [4.78, 5) is 17.7. The highest BCUT2D eigenvalue weighted by molar-refractivity contribution is 5.75. The van der Waals surface area contributed by atoms with Crippen molar-refractivity contribution in [3.63, 3.8) is 0 Å². The number of likely N-dealkylation sites (tertiary alicyclic amines) is 1. The number of nitrogens with zero attached hydrogens (tertiary/aromatic N) is 3. The van der Waals surface area contributed by atoms with E-state index in [1.165, 1.54) is 5.52 Å². The molecule has 112 valence electrons. The normalized spacial score (nSPS) is 17.4. The monoisotopic (exact) mass is 287 g/mol. The van der Waals surface area contributed by atoms with Gasteiger partial charge < -0.3 is 14.6 Å². The van der Waals surface area contributed by atoms with Crippen LogP contribution in [0.15, 0.2) is 24.3 Å². The molecule has 5 heteroatoms. The van der Waals surface area contributed by atoms with Crippen molar-refractivity contribution in [2.75, 3.05) is 19.6 Å². The first kappa shape index (κ1) is 14.1. The molecule has 2 heterocycles. The van der Waals surface area contributed by atoms with E-state index in [2.05, 4.69) is 28.6 Å². The van der Waals surface area contributed by atoms with Gasteiger partial charge in [0.05, 0.1) is 17.5 Å². The summed E-state index contributed by atoms with van der Waals surface area (Å²) in [7, 11) is 2.08. The molecule has 1 saturated heterocycles. The summed E-state index contributed by atoms with van der Waals surface area (Å²) in [6, 6.07) is 8.23. The van der Waals surface area contributed by atoms with Gasteiger partial charge in [-0.15, -0.1) is 0 Å². The average Bonchev–Trinajstić information content (AvgIpc) is 2.83. The van der Waals surface area contributed by atoms with E-state index in [1.54, 1.807) is 0 Å². The van der Waals surface area contributed by atoms with Crippen LogP contribution in [-0.4, -0.2) is 45.2 Å². The number of fused-ring (bicyclic) bond motifs is 1. The van der Waals surface area contributed by atoms with Crippen LogP contribution >= 0.6 is 0 Å². The summed E-state index contributed by atoms with van der Waals surface area (Å²) in [5.41, 5.74) is 2.24. The molecule has 0 atom stereocenters. The lowest BCUT2D eigenvalue weighted by atomic mass is 9.96. The van der Waals surface area contributed by atoms with E-state index in [4.69, 9.17) is 10.1 Å². The van der Waals surface area contributed by atoms with Gasteiger partial charge >= 0.3 is 5.97 Å². The van der Waals surface area contributed by atoms with Gasteiger partial charge in [-0.05, 0) is 38.1 Å². The number of carbonyl (C=O) groups is 1. The molecule has 21 heavy (non-hydrogen) atoms. The molecule has 1 aliphatic heterocycles. The van der Waals surface area contributed by atoms with Crippen LogP contribution in [0.25, 0.3) is 11.0 Å². The number of carboxylic acids is 1. The van der Waals surface area contributed by atoms with Crippen molar-refractivity contribution in [3.8, 4) is 0 Å². The quantitative estimate of drug-likeness (QED) is 0.937. The van der Waals surface area contributed by atoms with Crippen LogP contribution in [0, 0.1) is 0 Å². The lowest BCUT2D eigenvalue weighted by Crippen LogP contribution is -2.35. The number of hydrogen-bond donors (Lipinski definition) is 1. The molecule has 0 aliphatic carbocycles. The summed E-state index contributed by atoms with van der Waals surface area (Å²) in [5, 5.41) is 8.75. The SMILES string of the molecule is Cn1c(C2CCN(CCC(=O)O)CC2)nc2ccccc21. The van der Waals surface area contributed by atoms with Crippen LogP contribution in [0.5, 0.6) is 0 Å². The van der Waals surface area contributed by atoms with E-state index in [9.17, 15) is 4.79 Å². The second-order valence-electron chi connectivity index (χ2n) is 5.78. The van der Waals surface area contributed by atoms with Gasteiger partial charge in [0.25, 0.3) is 0 Å². The molecular weight excluding hydrogens is 266 g/mol. The topological polar surface area (TPSA) is 58.4 Å². The smallest absolute Gasteiger partial charge is 0.304 e. The predicted molar refractivity (Wildman–Crippen MR) is 81.4 cm³/mol. The highest BCUT2D eigenvalue weighted by Gasteiger charge is 2.24. The summed E-state index contributed by atoms with van der Waals surface area (Å²) in [6.45, 7) is 2.58. The maximum Gasteiger partial charge on any atom is 0.304 e. The first-order valence-electron chi connectivity index (χ1n) is 7.50. The minimum atomic E-state index is -0.715. The van der Waals surface area contributed by atoms with Gasteiger partial charge in [0, 0.05) is 19.5 Å². The van der Waals surface area contributed by atoms with Crippen molar-refractivity contribution < 1.29 is 9.90 Å². The van der Waals surface area contributed by atoms with Gasteiger partial charge in [-0.2, -0.15) is 0 Å². The Kier molecular flexibility index (Phi) is 3.92. The van der Waals surface area contributed by atoms with Crippen molar-refractivity contribution in [2.24, 2.45) is 7.05 Å². The lowest BCUT2D eigenvalue weighted by molar-refractivity contribution is -0.137. The van der Waals surface area contributed by atoms with Crippen LogP contribution in [0.3, 0.4) is 0 Å². The fraction of sp³-hybridized carbons (Fsp3) is 0.500. The fourth-order valence-electron chi connectivity index (χ4n) is 3.20. The average molecular weight is 287 g/mol. The predicted octanol–water partition coefficient (Wildman–Crippen LogP) is 2.23. The third-order valence-electron chi connectivity index (χ3n) is 4.42. The number of aryl methyl sites for hydroxylation is 1. The second-order valence-corrected chi connectivity index (χ2v) is 5.78. The first-order chi connectivity index (χ1) is 10.1. The molecule has 1 aromatic carbocycles. The molecule has 3 rings (SSSR count). The Morgan fingerprint density at radius 3 is 2.71 bits per heavy atom. The van der Waals surface area contributed by atoms with Crippen LogP contribution in [0.2, 0.25) is 0 Å².